The van der Waals surface area contributed by atoms with Gasteiger partial charge in [0.2, 0.25) is 5.88 Å². The van der Waals surface area contributed by atoms with Gasteiger partial charge in [0.15, 0.2) is 5.82 Å². The first kappa shape index (κ1) is 20.5. The Bertz CT molecular complexity index is 1220. The third kappa shape index (κ3) is 4.56. The van der Waals surface area contributed by atoms with Crippen LogP contribution in [0.2, 0.25) is 0 Å². The number of benzene rings is 1. The Labute approximate surface area is 179 Å². The molecule has 0 unspecified atom stereocenters. The highest BCUT2D eigenvalue weighted by Crippen LogP contribution is 2.27. The van der Waals surface area contributed by atoms with Crippen molar-refractivity contribution in [2.24, 2.45) is 0 Å². The maximum atomic E-state index is 12.7. The van der Waals surface area contributed by atoms with Gasteiger partial charge in [-0.25, -0.2) is 14.8 Å². The SMILES string of the molecule is CNCc1cc(Oc2ccc3c(ccn3C(=O)Nc3cc(C(C)(C)C)on3)c2)ncn1. The van der Waals surface area contributed by atoms with Gasteiger partial charge in [-0.15, -0.1) is 0 Å². The normalized spacial score (nSPS) is 11.6. The standard InChI is InChI=1S/C22H24N6O3/c1-22(2,3)18-11-19(27-31-18)26-21(29)28-8-7-14-9-16(5-6-17(14)28)30-20-10-15(12-23-4)24-13-25-20/h5-11,13,23H,12H2,1-4H3,(H,26,27,29). The second-order valence-corrected chi connectivity index (χ2v) is 8.14. The fraction of sp³-hybridized carbons (Fsp3) is 0.273. The van der Waals surface area contributed by atoms with E-state index in [-0.39, 0.29) is 11.4 Å². The Kier molecular flexibility index (Phi) is 5.43. The third-order valence-corrected chi connectivity index (χ3v) is 4.64. The number of fused-ring (bicyclic) bond motifs is 1. The summed E-state index contributed by atoms with van der Waals surface area (Å²) in [5.41, 5.74) is 1.38. The fourth-order valence-corrected chi connectivity index (χ4v) is 3.05. The van der Waals surface area contributed by atoms with Crippen LogP contribution in [0, 0.1) is 0 Å². The van der Waals surface area contributed by atoms with E-state index in [4.69, 9.17) is 9.26 Å². The van der Waals surface area contributed by atoms with Crippen LogP contribution in [0.4, 0.5) is 10.6 Å². The topological polar surface area (TPSA) is 107 Å². The molecule has 9 heteroatoms. The van der Waals surface area contributed by atoms with Crippen molar-refractivity contribution in [1.29, 1.82) is 0 Å². The van der Waals surface area contributed by atoms with Crippen LogP contribution in [0.1, 0.15) is 32.2 Å². The predicted octanol–water partition coefficient (Wildman–Crippen LogP) is 4.31. The largest absolute Gasteiger partial charge is 0.439 e. The first-order chi connectivity index (χ1) is 14.8. The smallest absolute Gasteiger partial charge is 0.331 e. The zero-order valence-electron chi connectivity index (χ0n) is 17.8. The Morgan fingerprint density at radius 1 is 1.16 bits per heavy atom. The van der Waals surface area contributed by atoms with Crippen molar-refractivity contribution in [1.82, 2.24) is 25.0 Å². The van der Waals surface area contributed by atoms with Crippen molar-refractivity contribution in [2.75, 3.05) is 12.4 Å². The van der Waals surface area contributed by atoms with Gasteiger partial charge in [0.25, 0.3) is 0 Å². The summed E-state index contributed by atoms with van der Waals surface area (Å²) in [6.45, 7) is 6.67. The van der Waals surface area contributed by atoms with Crippen LogP contribution < -0.4 is 15.4 Å². The molecule has 0 aliphatic heterocycles. The number of amides is 1. The highest BCUT2D eigenvalue weighted by atomic mass is 16.5. The summed E-state index contributed by atoms with van der Waals surface area (Å²) >= 11 is 0. The number of hydrogen-bond donors (Lipinski definition) is 2. The number of nitrogens with zero attached hydrogens (tertiary/aromatic N) is 4. The summed E-state index contributed by atoms with van der Waals surface area (Å²) in [6, 6.07) is 10.5. The third-order valence-electron chi connectivity index (χ3n) is 4.64. The molecule has 3 heterocycles. The molecule has 0 aliphatic carbocycles. The van der Waals surface area contributed by atoms with Crippen LogP contribution in [-0.2, 0) is 12.0 Å². The summed E-state index contributed by atoms with van der Waals surface area (Å²) in [5.74, 6) is 2.14. The van der Waals surface area contributed by atoms with Crippen LogP contribution in [0.5, 0.6) is 11.6 Å². The summed E-state index contributed by atoms with van der Waals surface area (Å²) in [4.78, 5) is 21.1. The van der Waals surface area contributed by atoms with Gasteiger partial charge in [-0.05, 0) is 31.3 Å². The average molecular weight is 420 g/mol. The molecule has 3 aromatic heterocycles. The lowest BCUT2D eigenvalue weighted by molar-refractivity contribution is 0.254. The molecule has 160 valence electrons. The van der Waals surface area contributed by atoms with Crippen molar-refractivity contribution in [3.05, 3.63) is 60.4 Å². The van der Waals surface area contributed by atoms with Crippen molar-refractivity contribution in [3.63, 3.8) is 0 Å². The summed E-state index contributed by atoms with van der Waals surface area (Å²) in [7, 11) is 1.85. The predicted molar refractivity (Wildman–Crippen MR) is 116 cm³/mol. The molecule has 0 bridgehead atoms. The fourth-order valence-electron chi connectivity index (χ4n) is 3.05. The summed E-state index contributed by atoms with van der Waals surface area (Å²) in [5, 5.41) is 10.6. The molecule has 4 rings (SSSR count). The molecule has 4 aromatic rings. The molecule has 1 aromatic carbocycles. The Balaban J connectivity index is 1.51. The Morgan fingerprint density at radius 2 is 2.00 bits per heavy atom. The maximum Gasteiger partial charge on any atom is 0.331 e. The summed E-state index contributed by atoms with van der Waals surface area (Å²) in [6.07, 6.45) is 3.17. The van der Waals surface area contributed by atoms with Crippen LogP contribution in [-0.4, -0.2) is 32.8 Å². The minimum atomic E-state index is -0.329. The summed E-state index contributed by atoms with van der Waals surface area (Å²) < 4.78 is 12.7. The number of carbonyl (C=O) groups is 1. The molecule has 0 atom stereocenters. The first-order valence-electron chi connectivity index (χ1n) is 9.86. The van der Waals surface area contributed by atoms with E-state index in [0.29, 0.717) is 29.8 Å². The van der Waals surface area contributed by atoms with Gasteiger partial charge in [0.05, 0.1) is 11.2 Å². The Hall–Kier alpha value is -3.72. The number of carbonyl (C=O) groups excluding carboxylic acids is 1. The Morgan fingerprint density at radius 3 is 2.74 bits per heavy atom. The molecule has 1 amide bonds. The number of anilines is 1. The zero-order chi connectivity index (χ0) is 22.0. The van der Waals surface area contributed by atoms with Gasteiger partial charge in [-0.2, -0.15) is 0 Å². The molecular formula is C22H24N6O3. The van der Waals surface area contributed by atoms with E-state index < -0.39 is 0 Å². The lowest BCUT2D eigenvalue weighted by Crippen LogP contribution is -2.18. The average Bonchev–Trinajstić information content (AvgIpc) is 3.35. The van der Waals surface area contributed by atoms with E-state index in [0.717, 1.165) is 16.6 Å². The van der Waals surface area contributed by atoms with E-state index in [1.165, 1.54) is 10.9 Å². The molecule has 9 nitrogen and oxygen atoms in total. The molecule has 0 spiro atoms. The van der Waals surface area contributed by atoms with Gasteiger partial charge in [0, 0.05) is 35.7 Å². The van der Waals surface area contributed by atoms with Gasteiger partial charge in [-0.3, -0.25) is 9.88 Å². The highest BCUT2D eigenvalue weighted by Gasteiger charge is 2.21. The molecule has 0 aliphatic rings. The van der Waals surface area contributed by atoms with Crippen molar-refractivity contribution in [2.45, 2.75) is 32.7 Å². The minimum Gasteiger partial charge on any atom is -0.439 e. The lowest BCUT2D eigenvalue weighted by atomic mass is 9.93. The highest BCUT2D eigenvalue weighted by molar-refractivity contribution is 5.98. The molecule has 2 N–H and O–H groups in total. The lowest BCUT2D eigenvalue weighted by Gasteiger charge is -2.12. The first-order valence-corrected chi connectivity index (χ1v) is 9.86. The monoisotopic (exact) mass is 420 g/mol. The molecule has 0 fully saturated rings. The van der Waals surface area contributed by atoms with Crippen LogP contribution in [0.3, 0.4) is 0 Å². The number of hydrogen-bond acceptors (Lipinski definition) is 7. The number of nitrogens with one attached hydrogen (secondary N) is 2. The maximum absolute atomic E-state index is 12.7. The molecular weight excluding hydrogens is 396 g/mol. The van der Waals surface area contributed by atoms with Crippen LogP contribution in [0.25, 0.3) is 10.9 Å². The van der Waals surface area contributed by atoms with E-state index >= 15 is 0 Å². The second-order valence-electron chi connectivity index (χ2n) is 8.14. The van der Waals surface area contributed by atoms with Crippen molar-refractivity contribution >= 4 is 22.8 Å². The van der Waals surface area contributed by atoms with Crippen LogP contribution >= 0.6 is 0 Å². The molecule has 0 radical (unpaired) electrons. The van der Waals surface area contributed by atoms with E-state index in [1.807, 2.05) is 46.0 Å². The second kappa shape index (κ2) is 8.19. The van der Waals surface area contributed by atoms with Crippen LogP contribution in [0.15, 0.2) is 53.4 Å². The number of rotatable bonds is 5. The van der Waals surface area contributed by atoms with Gasteiger partial charge in [-0.1, -0.05) is 25.9 Å². The van der Waals surface area contributed by atoms with Gasteiger partial charge < -0.3 is 14.6 Å². The molecule has 0 saturated heterocycles. The molecule has 31 heavy (non-hydrogen) atoms. The van der Waals surface area contributed by atoms with E-state index in [2.05, 4.69) is 25.8 Å². The van der Waals surface area contributed by atoms with Gasteiger partial charge in [0.1, 0.15) is 17.8 Å². The van der Waals surface area contributed by atoms with Crippen molar-refractivity contribution in [3.8, 4) is 11.6 Å². The number of aromatic nitrogens is 4. The quantitative estimate of drug-likeness (QED) is 0.495. The van der Waals surface area contributed by atoms with Crippen molar-refractivity contribution < 1.29 is 14.1 Å². The van der Waals surface area contributed by atoms with Gasteiger partial charge >= 0.3 is 6.03 Å². The zero-order valence-corrected chi connectivity index (χ0v) is 17.8. The molecule has 0 saturated carbocycles. The number of ether oxygens (including phenoxy) is 1. The van der Waals surface area contributed by atoms with E-state index in [9.17, 15) is 4.79 Å². The minimum absolute atomic E-state index is 0.190. The van der Waals surface area contributed by atoms with E-state index in [1.54, 1.807) is 24.4 Å².